The van der Waals surface area contributed by atoms with Crippen LogP contribution >= 0.6 is 0 Å². The Morgan fingerprint density at radius 1 is 0.750 bits per heavy atom. The van der Waals surface area contributed by atoms with Crippen LogP contribution in [0.3, 0.4) is 0 Å². The molecule has 10 rings (SSSR count). The molecule has 4 bridgehead atoms. The number of aliphatic hydroxyl groups is 1. The van der Waals surface area contributed by atoms with Crippen LogP contribution in [-0.2, 0) is 22.6 Å². The Morgan fingerprint density at radius 2 is 1.45 bits per heavy atom. The molecule has 5 aromatic carbocycles. The van der Waals surface area contributed by atoms with Crippen molar-refractivity contribution in [2.75, 3.05) is 13.6 Å². The number of aliphatic hydroxyl groups excluding tert-OH is 1. The van der Waals surface area contributed by atoms with E-state index in [1.54, 1.807) is 0 Å². The number of likely N-dealkylation sites (N-methyl/N-ethyl adjacent to an activating group) is 1. The van der Waals surface area contributed by atoms with Crippen molar-refractivity contribution >= 4 is 16.8 Å². The van der Waals surface area contributed by atoms with Crippen LogP contribution in [0, 0.1) is 17.8 Å². The molecule has 5 fully saturated rings. The zero-order valence-corrected chi connectivity index (χ0v) is 32.7. The molecule has 3 N–H and O–H groups in total. The molecule has 7 nitrogen and oxygen atoms in total. The van der Waals surface area contributed by atoms with Crippen LogP contribution in [0.4, 0.5) is 4.79 Å². The third kappa shape index (κ3) is 8.01. The number of hydrogen-bond acceptors (Lipinski definition) is 5. The molecule has 5 aliphatic rings. The fourth-order valence-corrected chi connectivity index (χ4v) is 10.7. The Kier molecular flexibility index (Phi) is 10.4. The second-order valence-electron chi connectivity index (χ2n) is 17.4. The Bertz CT molecular complexity index is 2130. The third-order valence-electron chi connectivity index (χ3n) is 13.3. The lowest BCUT2D eigenvalue weighted by Gasteiger charge is -2.56. The van der Waals surface area contributed by atoms with Gasteiger partial charge in [0, 0.05) is 36.7 Å². The number of urea groups is 1. The summed E-state index contributed by atoms with van der Waals surface area (Å²) in [6, 6.07) is 40.4. The van der Waals surface area contributed by atoms with Gasteiger partial charge in [0.15, 0.2) is 6.29 Å². The van der Waals surface area contributed by atoms with Gasteiger partial charge in [0.2, 0.25) is 0 Å². The van der Waals surface area contributed by atoms with Gasteiger partial charge in [-0.2, -0.15) is 0 Å². The highest BCUT2D eigenvalue weighted by atomic mass is 16.7. The van der Waals surface area contributed by atoms with E-state index >= 15 is 0 Å². The van der Waals surface area contributed by atoms with Gasteiger partial charge in [-0.25, -0.2) is 4.79 Å². The summed E-state index contributed by atoms with van der Waals surface area (Å²) in [5.41, 5.74) is 7.42. The molecule has 4 saturated carbocycles. The number of rotatable bonds is 11. The molecule has 0 spiro atoms. The van der Waals surface area contributed by atoms with E-state index in [1.165, 1.54) is 35.6 Å². The summed E-state index contributed by atoms with van der Waals surface area (Å²) in [6.07, 6.45) is 7.43. The maximum absolute atomic E-state index is 13.2. The van der Waals surface area contributed by atoms with Crippen molar-refractivity contribution in [3.8, 4) is 11.1 Å². The second-order valence-corrected chi connectivity index (χ2v) is 17.4. The zero-order chi connectivity index (χ0) is 38.2. The van der Waals surface area contributed by atoms with Gasteiger partial charge >= 0.3 is 6.03 Å². The summed E-state index contributed by atoms with van der Waals surface area (Å²) in [5.74, 6) is 2.37. The molecule has 0 radical (unpaired) electrons. The zero-order valence-electron chi connectivity index (χ0n) is 32.7. The van der Waals surface area contributed by atoms with E-state index in [0.717, 1.165) is 83.4 Å². The maximum atomic E-state index is 13.2. The van der Waals surface area contributed by atoms with Gasteiger partial charge in [-0.05, 0) is 133 Å². The number of benzene rings is 5. The SMILES string of the molecule is C[C@H](c1ccc2ccccc2c1)N(C)C[C@@H]1C[C@H](c2ccc(CO)cc2)O[C@H](c2cccc(-c3cccc(CNC(=O)NC45CC6CC(CC(C6)C4)C5)c3)c2)O1. The molecular formula is C49H55N3O4. The molecule has 1 heterocycles. The van der Waals surface area contributed by atoms with Crippen LogP contribution in [-0.4, -0.2) is 41.3 Å². The number of carbonyl (C=O) groups is 1. The predicted molar refractivity (Wildman–Crippen MR) is 222 cm³/mol. The van der Waals surface area contributed by atoms with Gasteiger partial charge in [-0.1, -0.05) is 97.1 Å². The molecule has 1 saturated heterocycles. The first-order chi connectivity index (χ1) is 27.3. The minimum absolute atomic E-state index is 0.00380. The van der Waals surface area contributed by atoms with Gasteiger partial charge in [0.05, 0.1) is 18.8 Å². The Morgan fingerprint density at radius 3 is 2.18 bits per heavy atom. The number of ether oxygens (including phenoxy) is 2. The van der Waals surface area contributed by atoms with Crippen molar-refractivity contribution in [2.45, 2.75) is 95.1 Å². The highest BCUT2D eigenvalue weighted by Crippen LogP contribution is 2.55. The molecule has 0 unspecified atom stereocenters. The highest BCUT2D eigenvalue weighted by molar-refractivity contribution is 5.83. The number of amides is 2. The summed E-state index contributed by atoms with van der Waals surface area (Å²) < 4.78 is 13.6. The fourth-order valence-electron chi connectivity index (χ4n) is 10.7. The van der Waals surface area contributed by atoms with Crippen molar-refractivity contribution in [3.63, 3.8) is 0 Å². The Labute approximate surface area is 331 Å². The van der Waals surface area contributed by atoms with E-state index in [1.807, 2.05) is 12.1 Å². The fraction of sp³-hybridized carbons (Fsp3) is 0.408. The molecule has 4 atom stereocenters. The van der Waals surface area contributed by atoms with Gasteiger partial charge in [0.25, 0.3) is 0 Å². The van der Waals surface area contributed by atoms with E-state index in [9.17, 15) is 9.90 Å². The largest absolute Gasteiger partial charge is 0.392 e. The van der Waals surface area contributed by atoms with E-state index < -0.39 is 6.29 Å². The first-order valence-corrected chi connectivity index (χ1v) is 20.7. The quantitative estimate of drug-likeness (QED) is 0.125. The molecule has 290 valence electrons. The average molecular weight is 750 g/mol. The van der Waals surface area contributed by atoms with E-state index in [2.05, 4.69) is 133 Å². The van der Waals surface area contributed by atoms with Crippen molar-refractivity contribution in [2.24, 2.45) is 17.8 Å². The first-order valence-electron chi connectivity index (χ1n) is 20.7. The molecule has 2 amide bonds. The van der Waals surface area contributed by atoms with Gasteiger partial charge in [0.1, 0.15) is 0 Å². The minimum Gasteiger partial charge on any atom is -0.392 e. The van der Waals surface area contributed by atoms with Crippen molar-refractivity contribution < 1.29 is 19.4 Å². The number of nitrogens with zero attached hydrogens (tertiary/aromatic N) is 1. The lowest BCUT2D eigenvalue weighted by molar-refractivity contribution is -0.253. The Balaban J connectivity index is 0.896. The van der Waals surface area contributed by atoms with E-state index in [0.29, 0.717) is 6.54 Å². The van der Waals surface area contributed by atoms with Gasteiger partial charge in [-0.3, -0.25) is 4.90 Å². The topological polar surface area (TPSA) is 83.1 Å². The van der Waals surface area contributed by atoms with Crippen LogP contribution < -0.4 is 10.6 Å². The van der Waals surface area contributed by atoms with Crippen molar-refractivity contribution in [3.05, 3.63) is 143 Å². The number of hydrogen-bond donors (Lipinski definition) is 3. The van der Waals surface area contributed by atoms with E-state index in [-0.39, 0.29) is 36.4 Å². The van der Waals surface area contributed by atoms with Gasteiger partial charge in [-0.15, -0.1) is 0 Å². The van der Waals surface area contributed by atoms with Crippen LogP contribution in [0.2, 0.25) is 0 Å². The molecule has 4 aliphatic carbocycles. The normalized spacial score (nSPS) is 27.4. The molecule has 56 heavy (non-hydrogen) atoms. The number of nitrogens with one attached hydrogen (secondary N) is 2. The molecule has 0 aromatic heterocycles. The Hall–Kier alpha value is -4.53. The summed E-state index contributed by atoms with van der Waals surface area (Å²) in [4.78, 5) is 15.6. The molecule has 5 aromatic rings. The summed E-state index contributed by atoms with van der Waals surface area (Å²) in [6.45, 7) is 3.49. The number of carbonyl (C=O) groups excluding carboxylic acids is 1. The summed E-state index contributed by atoms with van der Waals surface area (Å²) >= 11 is 0. The third-order valence-corrected chi connectivity index (χ3v) is 13.3. The predicted octanol–water partition coefficient (Wildman–Crippen LogP) is 10.0. The first kappa shape index (κ1) is 37.1. The highest BCUT2D eigenvalue weighted by Gasteiger charge is 2.51. The minimum atomic E-state index is -0.557. The monoisotopic (exact) mass is 749 g/mol. The number of fused-ring (bicyclic) bond motifs is 1. The average Bonchev–Trinajstić information content (AvgIpc) is 3.22. The summed E-state index contributed by atoms with van der Waals surface area (Å²) in [5, 5.41) is 18.8. The molecule has 1 aliphatic heterocycles. The van der Waals surface area contributed by atoms with Crippen LogP contribution in [0.1, 0.15) is 98.1 Å². The van der Waals surface area contributed by atoms with Gasteiger partial charge < -0.3 is 25.2 Å². The van der Waals surface area contributed by atoms with E-state index in [4.69, 9.17) is 9.47 Å². The van der Waals surface area contributed by atoms with Crippen molar-refractivity contribution in [1.29, 1.82) is 0 Å². The van der Waals surface area contributed by atoms with Crippen molar-refractivity contribution in [1.82, 2.24) is 15.5 Å². The second kappa shape index (κ2) is 15.8. The lowest BCUT2D eigenvalue weighted by Crippen LogP contribution is -2.61. The lowest BCUT2D eigenvalue weighted by atomic mass is 9.53. The summed E-state index contributed by atoms with van der Waals surface area (Å²) in [7, 11) is 2.17. The van der Waals surface area contributed by atoms with Crippen LogP contribution in [0.5, 0.6) is 0 Å². The maximum Gasteiger partial charge on any atom is 0.315 e. The molecule has 7 heteroatoms. The smallest absolute Gasteiger partial charge is 0.315 e. The van der Waals surface area contributed by atoms with Crippen LogP contribution in [0.25, 0.3) is 21.9 Å². The van der Waals surface area contributed by atoms with Crippen LogP contribution in [0.15, 0.2) is 115 Å². The standard InChI is InChI=1S/C49H55N3O4/c1-32(40-18-17-38-8-3-4-9-42(38)23-40)52(2)30-45-25-46(39-15-13-33(31-53)14-16-39)56-47(55-45)44-12-6-11-43(24-44)41-10-5-7-34(22-41)29-50-48(54)51-49-26-35-19-36(27-49)21-37(20-35)28-49/h3-18,22-24,32,35-37,45-47,53H,19-21,25-31H2,1-2H3,(H2,50,51,54)/t32-,35?,36?,37?,45+,46-,47-,49?/m1/s1. The molecular weight excluding hydrogens is 695 g/mol.